The van der Waals surface area contributed by atoms with Gasteiger partial charge in [-0.05, 0) is 41.6 Å². The zero-order valence-corrected chi connectivity index (χ0v) is 15.5. The zero-order chi connectivity index (χ0) is 18.2. The first-order valence-corrected chi connectivity index (χ1v) is 9.41. The fraction of sp³-hybridized carbons (Fsp3) is 0.800. The first kappa shape index (κ1) is 17.2. The zero-order valence-electron chi connectivity index (χ0n) is 15.5. The minimum Gasteiger partial charge on any atom is -0.478 e. The molecule has 3 aliphatic heterocycles. The van der Waals surface area contributed by atoms with E-state index in [9.17, 15) is 9.59 Å². The number of carboxylic acid groups (broad SMARTS) is 1. The molecule has 2 saturated carbocycles. The summed E-state index contributed by atoms with van der Waals surface area (Å²) in [4.78, 5) is 24.3. The number of ether oxygens (including phenoxy) is 2. The van der Waals surface area contributed by atoms with Crippen LogP contribution in [0.4, 0.5) is 0 Å². The number of carboxylic acids is 1. The largest absolute Gasteiger partial charge is 0.478 e. The fourth-order valence-corrected chi connectivity index (χ4v) is 6.91. The van der Waals surface area contributed by atoms with Crippen molar-refractivity contribution in [2.45, 2.75) is 71.9 Å². The second-order valence-corrected chi connectivity index (χ2v) is 9.52. The van der Waals surface area contributed by atoms with E-state index in [0.717, 1.165) is 19.3 Å². The summed E-state index contributed by atoms with van der Waals surface area (Å²) in [7, 11) is 0. The van der Waals surface area contributed by atoms with Crippen molar-refractivity contribution < 1.29 is 24.2 Å². The number of carbonyl (C=O) groups is 2. The number of carbonyl (C=O) groups excluding carboxylic acids is 1. The minimum absolute atomic E-state index is 0.0133. The van der Waals surface area contributed by atoms with Crippen LogP contribution in [0.5, 0.6) is 0 Å². The van der Waals surface area contributed by atoms with Crippen molar-refractivity contribution in [2.24, 2.45) is 28.6 Å². The highest BCUT2D eigenvalue weighted by molar-refractivity contribution is 5.85. The molecule has 2 bridgehead atoms. The number of fused-ring (bicyclic) bond motifs is 3. The highest BCUT2D eigenvalue weighted by Crippen LogP contribution is 2.67. The Balaban J connectivity index is 1.78. The summed E-state index contributed by atoms with van der Waals surface area (Å²) in [5.41, 5.74) is 0.503. The van der Waals surface area contributed by atoms with Gasteiger partial charge in [0.25, 0.3) is 0 Å². The maximum Gasteiger partial charge on any atom is 0.328 e. The summed E-state index contributed by atoms with van der Waals surface area (Å²) in [6.45, 7) is 8.83. The van der Waals surface area contributed by atoms with Crippen LogP contribution in [-0.2, 0) is 19.1 Å². The first-order chi connectivity index (χ1) is 11.6. The smallest absolute Gasteiger partial charge is 0.328 e. The molecule has 0 aromatic carbocycles. The van der Waals surface area contributed by atoms with Gasteiger partial charge in [0, 0.05) is 17.9 Å². The van der Waals surface area contributed by atoms with Gasteiger partial charge in [0.15, 0.2) is 12.1 Å². The van der Waals surface area contributed by atoms with Gasteiger partial charge in [-0.3, -0.25) is 4.79 Å². The van der Waals surface area contributed by atoms with Crippen LogP contribution in [0.15, 0.2) is 11.6 Å². The molecule has 25 heavy (non-hydrogen) atoms. The van der Waals surface area contributed by atoms with Gasteiger partial charge in [-0.2, -0.15) is 0 Å². The van der Waals surface area contributed by atoms with Gasteiger partial charge in [-0.15, -0.1) is 0 Å². The Hall–Kier alpha value is -1.20. The molecule has 3 saturated heterocycles. The molecule has 2 aliphatic carbocycles. The van der Waals surface area contributed by atoms with E-state index in [4.69, 9.17) is 14.6 Å². The van der Waals surface area contributed by atoms with Gasteiger partial charge in [-0.1, -0.05) is 34.1 Å². The molecule has 5 rings (SSSR count). The molecule has 4 unspecified atom stereocenters. The molecule has 0 radical (unpaired) electrons. The second-order valence-electron chi connectivity index (χ2n) is 9.52. The highest BCUT2D eigenvalue weighted by atomic mass is 16.9. The Morgan fingerprint density at radius 3 is 2.56 bits per heavy atom. The summed E-state index contributed by atoms with van der Waals surface area (Å²) < 4.78 is 12.3. The molecule has 5 heteroatoms. The molecule has 1 spiro atoms. The van der Waals surface area contributed by atoms with Crippen LogP contribution >= 0.6 is 0 Å². The number of hydrogen-bond acceptors (Lipinski definition) is 4. The maximum absolute atomic E-state index is 13.1. The molecule has 1 N–H and O–H groups in total. The molecule has 138 valence electrons. The number of hydrogen-bond donors (Lipinski definition) is 1. The normalized spacial score (nSPS) is 49.6. The van der Waals surface area contributed by atoms with Crippen molar-refractivity contribution in [1.29, 1.82) is 0 Å². The van der Waals surface area contributed by atoms with E-state index >= 15 is 0 Å². The van der Waals surface area contributed by atoms with Gasteiger partial charge in [0.2, 0.25) is 0 Å². The third-order valence-electron chi connectivity index (χ3n) is 7.26. The second kappa shape index (κ2) is 5.17. The first-order valence-electron chi connectivity index (χ1n) is 9.41. The third kappa shape index (κ3) is 2.28. The van der Waals surface area contributed by atoms with Crippen molar-refractivity contribution in [2.75, 3.05) is 0 Å². The van der Waals surface area contributed by atoms with Crippen molar-refractivity contribution in [3.63, 3.8) is 0 Å². The van der Waals surface area contributed by atoms with Crippen molar-refractivity contribution in [3.8, 4) is 0 Å². The third-order valence-corrected chi connectivity index (χ3v) is 7.26. The molecule has 5 fully saturated rings. The summed E-state index contributed by atoms with van der Waals surface area (Å²) >= 11 is 0. The van der Waals surface area contributed by atoms with Gasteiger partial charge in [0.05, 0.1) is 6.42 Å². The molecular weight excluding hydrogens is 320 g/mol. The Bertz CT molecular complexity index is 657. The molecule has 0 amide bonds. The van der Waals surface area contributed by atoms with Crippen LogP contribution < -0.4 is 0 Å². The summed E-state index contributed by atoms with van der Waals surface area (Å²) in [6, 6.07) is 0. The van der Waals surface area contributed by atoms with Gasteiger partial charge >= 0.3 is 5.97 Å². The quantitative estimate of drug-likeness (QED) is 0.734. The Morgan fingerprint density at radius 2 is 1.92 bits per heavy atom. The van der Waals surface area contributed by atoms with E-state index in [2.05, 4.69) is 27.7 Å². The summed E-state index contributed by atoms with van der Waals surface area (Å²) in [6.07, 6.45) is 4.74. The van der Waals surface area contributed by atoms with Crippen LogP contribution in [0.3, 0.4) is 0 Å². The molecule has 4 atom stereocenters. The Morgan fingerprint density at radius 1 is 1.24 bits per heavy atom. The number of rotatable bonds is 1. The molecule has 5 nitrogen and oxygen atoms in total. The van der Waals surface area contributed by atoms with E-state index in [1.807, 2.05) is 0 Å². The molecular formula is C20H28O5. The minimum atomic E-state index is -0.973. The average Bonchev–Trinajstić information content (AvgIpc) is 2.58. The van der Waals surface area contributed by atoms with E-state index in [1.54, 1.807) is 0 Å². The number of ketones is 1. The number of Topliss-reactive ketones (excluding diaryl/α,β-unsaturated/α-hetero) is 1. The van der Waals surface area contributed by atoms with E-state index < -0.39 is 18.0 Å². The van der Waals surface area contributed by atoms with Crippen molar-refractivity contribution in [3.05, 3.63) is 11.6 Å². The summed E-state index contributed by atoms with van der Waals surface area (Å²) in [5, 5.41) is 9.14. The standard InChI is InChI=1S/C20H28O5/c1-11-8-12(9-14(22)23)17-24-20(25-17)10-13(21)16-18(2,3)6-5-7-19(16,4)15(11)20/h9,11,15-17H,5-8,10H2,1-4H3,(H,22,23). The topological polar surface area (TPSA) is 72.8 Å². The maximum atomic E-state index is 13.1. The molecule has 0 aromatic rings. The van der Waals surface area contributed by atoms with E-state index in [-0.39, 0.29) is 34.4 Å². The van der Waals surface area contributed by atoms with Crippen LogP contribution in [0, 0.1) is 28.6 Å². The number of aliphatic carboxylic acids is 1. The lowest BCUT2D eigenvalue weighted by Gasteiger charge is -2.64. The SMILES string of the molecule is CC1CC(=CC(=O)O)C2OC3(CC(=O)C4C(C)(C)CCCC4(C)C13)O2. The van der Waals surface area contributed by atoms with E-state index in [1.165, 1.54) is 6.08 Å². The highest BCUT2D eigenvalue weighted by Gasteiger charge is 2.70. The van der Waals surface area contributed by atoms with Crippen LogP contribution in [0.1, 0.15) is 59.8 Å². The Kier molecular flexibility index (Phi) is 3.56. The van der Waals surface area contributed by atoms with Crippen molar-refractivity contribution >= 4 is 11.8 Å². The lowest BCUT2D eigenvalue weighted by molar-refractivity contribution is -0.468. The van der Waals surface area contributed by atoms with Gasteiger partial charge in [-0.25, -0.2) is 4.79 Å². The average molecular weight is 348 g/mol. The predicted octanol–water partition coefficient (Wildman–Crippen LogP) is 3.53. The molecule has 3 heterocycles. The lowest BCUT2D eigenvalue weighted by atomic mass is 9.45. The summed E-state index contributed by atoms with van der Waals surface area (Å²) in [5.74, 6) is -1.23. The van der Waals surface area contributed by atoms with E-state index in [0.29, 0.717) is 18.4 Å². The van der Waals surface area contributed by atoms with Gasteiger partial charge < -0.3 is 14.6 Å². The monoisotopic (exact) mass is 348 g/mol. The predicted molar refractivity (Wildman–Crippen MR) is 90.5 cm³/mol. The van der Waals surface area contributed by atoms with Crippen LogP contribution in [-0.4, -0.2) is 28.9 Å². The molecule has 5 aliphatic rings. The fourth-order valence-electron chi connectivity index (χ4n) is 6.91. The van der Waals surface area contributed by atoms with Crippen molar-refractivity contribution in [1.82, 2.24) is 0 Å². The molecule has 0 aromatic heterocycles. The van der Waals surface area contributed by atoms with Crippen LogP contribution in [0.25, 0.3) is 0 Å². The lowest BCUT2D eigenvalue weighted by Crippen LogP contribution is -2.69. The van der Waals surface area contributed by atoms with Gasteiger partial charge in [0.1, 0.15) is 5.78 Å². The van der Waals surface area contributed by atoms with Crippen LogP contribution in [0.2, 0.25) is 0 Å². The Labute approximate surface area is 148 Å².